The molecule has 0 aliphatic heterocycles. The first-order valence-corrected chi connectivity index (χ1v) is 6.79. The van der Waals surface area contributed by atoms with Crippen LogP contribution in [0.1, 0.15) is 66.2 Å². The molecule has 0 atom stereocenters. The minimum atomic E-state index is 1.19. The van der Waals surface area contributed by atoms with Gasteiger partial charge in [0.25, 0.3) is 0 Å². The Balaban J connectivity index is 0. The molecule has 1 rings (SSSR count). The fourth-order valence-electron chi connectivity index (χ4n) is 1.73. The topological polar surface area (TPSA) is 27.0 Å². The summed E-state index contributed by atoms with van der Waals surface area (Å²) < 4.78 is 0. The lowest BCUT2D eigenvalue weighted by Crippen LogP contribution is -2.21. The molecule has 0 aromatic rings. The molecule has 0 amide bonds. The third-order valence-electron chi connectivity index (χ3n) is 2.84. The summed E-state index contributed by atoms with van der Waals surface area (Å²) in [5.74, 6) is 0. The average molecular weight is 226 g/mol. The van der Waals surface area contributed by atoms with Crippen LogP contribution in [-0.2, 0) is 0 Å². The molecule has 0 unspecified atom stereocenters. The molecule has 0 saturated heterocycles. The molecule has 2 nitrogen and oxygen atoms in total. The van der Waals surface area contributed by atoms with Gasteiger partial charge in [-0.2, -0.15) is 5.26 Å². The zero-order chi connectivity index (χ0) is 12.6. The Hall–Kier alpha value is -0.550. The summed E-state index contributed by atoms with van der Waals surface area (Å²) in [6, 6.07) is 1.75. The van der Waals surface area contributed by atoms with Crippen molar-refractivity contribution in [1.82, 2.24) is 4.90 Å². The number of nitriles is 1. The quantitative estimate of drug-likeness (QED) is 0.720. The first-order valence-electron chi connectivity index (χ1n) is 6.79. The van der Waals surface area contributed by atoms with Gasteiger partial charge in [0, 0.05) is 6.92 Å². The molecule has 0 aromatic carbocycles. The fraction of sp³-hybridized carbons (Fsp3) is 0.929. The fourth-order valence-corrected chi connectivity index (χ4v) is 1.73. The van der Waals surface area contributed by atoms with E-state index in [-0.39, 0.29) is 0 Å². The van der Waals surface area contributed by atoms with Crippen LogP contribution in [0.5, 0.6) is 0 Å². The standard InChI is InChI=1S/C6H15N.C6H12.C2H3N/c1-4-7(5-2)6-3;1-2-4-6-5-3-1;1-2-3/h4-6H2,1-3H3;1-6H2;1H3. The molecule has 0 heterocycles. The Morgan fingerprint density at radius 3 is 1.06 bits per heavy atom. The maximum absolute atomic E-state index is 7.32. The van der Waals surface area contributed by atoms with Gasteiger partial charge in [0.05, 0.1) is 6.07 Å². The maximum Gasteiger partial charge on any atom is 0.0587 e. The molecule has 1 fully saturated rings. The van der Waals surface area contributed by atoms with Gasteiger partial charge >= 0.3 is 0 Å². The summed E-state index contributed by atoms with van der Waals surface area (Å²) in [6.07, 6.45) is 9.00. The van der Waals surface area contributed by atoms with Crippen molar-refractivity contribution in [1.29, 1.82) is 5.26 Å². The zero-order valence-corrected chi connectivity index (χ0v) is 11.8. The summed E-state index contributed by atoms with van der Waals surface area (Å²) in [6.45, 7) is 11.6. The van der Waals surface area contributed by atoms with Crippen LogP contribution in [0.15, 0.2) is 0 Å². The average Bonchev–Trinajstić information content (AvgIpc) is 2.35. The van der Waals surface area contributed by atoms with Crippen molar-refractivity contribution in [2.45, 2.75) is 66.2 Å². The second-order valence-corrected chi connectivity index (χ2v) is 3.96. The molecule has 1 aliphatic carbocycles. The van der Waals surface area contributed by atoms with Crippen molar-refractivity contribution in [3.63, 3.8) is 0 Å². The molecule has 16 heavy (non-hydrogen) atoms. The smallest absolute Gasteiger partial charge is 0.0587 e. The predicted octanol–water partition coefficient (Wildman–Crippen LogP) is 4.22. The highest BCUT2D eigenvalue weighted by molar-refractivity contribution is 4.51. The zero-order valence-electron chi connectivity index (χ0n) is 11.8. The van der Waals surface area contributed by atoms with E-state index in [1.54, 1.807) is 6.07 Å². The molecule has 0 spiro atoms. The Labute approximate surface area is 103 Å². The molecule has 2 heteroatoms. The number of rotatable bonds is 3. The first kappa shape index (κ1) is 17.8. The van der Waals surface area contributed by atoms with E-state index in [4.69, 9.17) is 5.26 Å². The van der Waals surface area contributed by atoms with E-state index < -0.39 is 0 Å². The molecule has 0 radical (unpaired) electrons. The van der Waals surface area contributed by atoms with Crippen molar-refractivity contribution in [2.24, 2.45) is 0 Å². The lowest BCUT2D eigenvalue weighted by atomic mass is 10.0. The molecular formula is C14H30N2. The summed E-state index contributed by atoms with van der Waals surface area (Å²) in [5.41, 5.74) is 0. The third kappa shape index (κ3) is 15.9. The number of nitrogens with zero attached hydrogens (tertiary/aromatic N) is 2. The molecular weight excluding hydrogens is 196 g/mol. The minimum absolute atomic E-state index is 1.19. The van der Waals surface area contributed by atoms with E-state index in [1.165, 1.54) is 65.1 Å². The van der Waals surface area contributed by atoms with Crippen molar-refractivity contribution in [2.75, 3.05) is 19.6 Å². The van der Waals surface area contributed by atoms with E-state index in [1.807, 2.05) is 0 Å². The summed E-state index contributed by atoms with van der Waals surface area (Å²) >= 11 is 0. The van der Waals surface area contributed by atoms with Crippen LogP contribution in [0.4, 0.5) is 0 Å². The van der Waals surface area contributed by atoms with Gasteiger partial charge in [-0.1, -0.05) is 59.3 Å². The minimum Gasteiger partial charge on any atom is -0.304 e. The van der Waals surface area contributed by atoms with Crippen LogP contribution in [0.2, 0.25) is 0 Å². The SMILES string of the molecule is C1CCCCC1.CC#N.CCN(CC)CC. The van der Waals surface area contributed by atoms with Gasteiger partial charge in [-0.25, -0.2) is 0 Å². The van der Waals surface area contributed by atoms with Crippen LogP contribution in [0.3, 0.4) is 0 Å². The molecule has 96 valence electrons. The van der Waals surface area contributed by atoms with E-state index in [0.29, 0.717) is 0 Å². The predicted molar refractivity (Wildman–Crippen MR) is 72.5 cm³/mol. The van der Waals surface area contributed by atoms with Crippen LogP contribution in [0, 0.1) is 11.3 Å². The van der Waals surface area contributed by atoms with Gasteiger partial charge in [0.1, 0.15) is 0 Å². The van der Waals surface area contributed by atoms with Crippen molar-refractivity contribution < 1.29 is 0 Å². The third-order valence-corrected chi connectivity index (χ3v) is 2.84. The molecule has 1 aliphatic rings. The molecule has 0 aromatic heterocycles. The van der Waals surface area contributed by atoms with E-state index in [0.717, 1.165) is 0 Å². The monoisotopic (exact) mass is 226 g/mol. The van der Waals surface area contributed by atoms with Crippen molar-refractivity contribution in [3.8, 4) is 6.07 Å². The Morgan fingerprint density at radius 1 is 0.812 bits per heavy atom. The molecule has 0 N–H and O–H groups in total. The van der Waals surface area contributed by atoms with Gasteiger partial charge in [-0.05, 0) is 19.6 Å². The Bertz CT molecular complexity index is 124. The van der Waals surface area contributed by atoms with E-state index in [9.17, 15) is 0 Å². The van der Waals surface area contributed by atoms with Crippen LogP contribution in [-0.4, -0.2) is 24.5 Å². The normalized spacial score (nSPS) is 14.0. The first-order chi connectivity index (χ1) is 7.76. The summed E-state index contributed by atoms with van der Waals surface area (Å²) in [7, 11) is 0. The summed E-state index contributed by atoms with van der Waals surface area (Å²) in [4.78, 5) is 2.38. The van der Waals surface area contributed by atoms with Gasteiger partial charge < -0.3 is 4.90 Å². The second kappa shape index (κ2) is 16.9. The molecule has 1 saturated carbocycles. The highest BCUT2D eigenvalue weighted by atomic mass is 15.1. The Kier molecular flexibility index (Phi) is 18.8. The van der Waals surface area contributed by atoms with Crippen molar-refractivity contribution in [3.05, 3.63) is 0 Å². The largest absolute Gasteiger partial charge is 0.304 e. The van der Waals surface area contributed by atoms with Crippen LogP contribution >= 0.6 is 0 Å². The van der Waals surface area contributed by atoms with Crippen molar-refractivity contribution >= 4 is 0 Å². The van der Waals surface area contributed by atoms with Crippen LogP contribution in [0.25, 0.3) is 0 Å². The van der Waals surface area contributed by atoms with E-state index >= 15 is 0 Å². The van der Waals surface area contributed by atoms with Crippen LogP contribution < -0.4 is 0 Å². The van der Waals surface area contributed by atoms with E-state index in [2.05, 4.69) is 25.7 Å². The number of hydrogen-bond acceptors (Lipinski definition) is 2. The highest BCUT2D eigenvalue weighted by Crippen LogP contribution is 2.15. The maximum atomic E-state index is 7.32. The van der Waals surface area contributed by atoms with Gasteiger partial charge in [-0.3, -0.25) is 0 Å². The highest BCUT2D eigenvalue weighted by Gasteiger charge is 1.95. The Morgan fingerprint density at radius 2 is 1.00 bits per heavy atom. The van der Waals surface area contributed by atoms with Gasteiger partial charge in [0.15, 0.2) is 0 Å². The second-order valence-electron chi connectivity index (χ2n) is 3.96. The van der Waals surface area contributed by atoms with Gasteiger partial charge in [0.2, 0.25) is 0 Å². The lowest BCUT2D eigenvalue weighted by molar-refractivity contribution is 0.321. The lowest BCUT2D eigenvalue weighted by Gasteiger charge is -2.13. The molecule has 0 bridgehead atoms. The number of hydrogen-bond donors (Lipinski definition) is 0. The van der Waals surface area contributed by atoms with Gasteiger partial charge in [-0.15, -0.1) is 0 Å². The summed E-state index contributed by atoms with van der Waals surface area (Å²) in [5, 5.41) is 7.32.